The number of ether oxygens (including phenoxy) is 1. The zero-order chi connectivity index (χ0) is 18.6. The van der Waals surface area contributed by atoms with Gasteiger partial charge < -0.3 is 21.1 Å². The summed E-state index contributed by atoms with van der Waals surface area (Å²) in [7, 11) is 0. The first kappa shape index (κ1) is 20.3. The topological polar surface area (TPSA) is 76.4 Å². The molecule has 1 fully saturated rings. The molecule has 26 heavy (non-hydrogen) atoms. The lowest BCUT2D eigenvalue weighted by atomic mass is 10.1. The number of rotatable bonds is 8. The average Bonchev–Trinajstić information content (AvgIpc) is 2.65. The summed E-state index contributed by atoms with van der Waals surface area (Å²) >= 11 is 0. The highest BCUT2D eigenvalue weighted by atomic mass is 16.5. The minimum atomic E-state index is -0.395. The molecule has 0 aromatic heterocycles. The third-order valence-corrected chi connectivity index (χ3v) is 4.37. The highest BCUT2D eigenvalue weighted by molar-refractivity contribution is 5.81. The van der Waals surface area contributed by atoms with Crippen LogP contribution in [0.2, 0.25) is 0 Å². The fourth-order valence-electron chi connectivity index (χ4n) is 2.88. The van der Waals surface area contributed by atoms with Crippen molar-refractivity contribution in [3.63, 3.8) is 0 Å². The van der Waals surface area contributed by atoms with Gasteiger partial charge >= 0.3 is 0 Å². The maximum Gasteiger partial charge on any atom is 0.236 e. The van der Waals surface area contributed by atoms with Crippen molar-refractivity contribution in [2.45, 2.75) is 57.6 Å². The van der Waals surface area contributed by atoms with Gasteiger partial charge in [0.1, 0.15) is 11.9 Å². The summed E-state index contributed by atoms with van der Waals surface area (Å²) in [6.07, 6.45) is 5.59. The fraction of sp³-hybridized carbons (Fsp3) is 0.571. The van der Waals surface area contributed by atoms with E-state index in [1.807, 2.05) is 31.2 Å². The minimum absolute atomic E-state index is 0.0671. The van der Waals surface area contributed by atoms with Gasteiger partial charge in [0.05, 0.1) is 6.04 Å². The summed E-state index contributed by atoms with van der Waals surface area (Å²) in [6, 6.07) is 7.57. The van der Waals surface area contributed by atoms with E-state index in [1.165, 1.54) is 0 Å². The van der Waals surface area contributed by atoms with Crippen molar-refractivity contribution in [1.29, 1.82) is 0 Å². The summed E-state index contributed by atoms with van der Waals surface area (Å²) in [5, 5.41) is 6.20. The smallest absolute Gasteiger partial charge is 0.236 e. The average molecular weight is 357 g/mol. The molecule has 1 unspecified atom stereocenters. The molecule has 5 heteroatoms. The Morgan fingerprint density at radius 2 is 2.23 bits per heavy atom. The van der Waals surface area contributed by atoms with Crippen molar-refractivity contribution in [2.75, 3.05) is 19.6 Å². The number of hydrogen-bond acceptors (Lipinski definition) is 4. The molecular weight excluding hydrogens is 326 g/mol. The number of nitrogens with one attached hydrogen (secondary N) is 2. The maximum atomic E-state index is 11.7. The quantitative estimate of drug-likeness (QED) is 0.492. The first-order valence-corrected chi connectivity index (χ1v) is 9.68. The Bertz CT molecular complexity index is 615. The van der Waals surface area contributed by atoms with Crippen LogP contribution in [0.15, 0.2) is 24.3 Å². The summed E-state index contributed by atoms with van der Waals surface area (Å²) < 4.78 is 6.04. The van der Waals surface area contributed by atoms with Crippen LogP contribution in [-0.4, -0.2) is 37.7 Å². The molecule has 0 bridgehead atoms. The molecule has 0 saturated carbocycles. The van der Waals surface area contributed by atoms with Crippen LogP contribution in [0, 0.1) is 11.8 Å². The summed E-state index contributed by atoms with van der Waals surface area (Å²) in [4.78, 5) is 11.7. The van der Waals surface area contributed by atoms with Gasteiger partial charge in [0, 0.05) is 18.5 Å². The first-order valence-electron chi connectivity index (χ1n) is 9.68. The highest BCUT2D eigenvalue weighted by Gasteiger charge is 2.14. The zero-order valence-electron chi connectivity index (χ0n) is 15.7. The van der Waals surface area contributed by atoms with Crippen molar-refractivity contribution in [1.82, 2.24) is 10.6 Å². The highest BCUT2D eigenvalue weighted by Crippen LogP contribution is 2.17. The molecule has 142 valence electrons. The zero-order valence-corrected chi connectivity index (χ0v) is 15.7. The van der Waals surface area contributed by atoms with Crippen LogP contribution in [-0.2, 0) is 4.79 Å². The van der Waals surface area contributed by atoms with E-state index >= 15 is 0 Å². The van der Waals surface area contributed by atoms with E-state index in [9.17, 15) is 4.79 Å². The Kier molecular flexibility index (Phi) is 9.02. The van der Waals surface area contributed by atoms with E-state index in [2.05, 4.69) is 22.5 Å². The molecule has 1 atom stereocenters. The molecule has 4 N–H and O–H groups in total. The Morgan fingerprint density at radius 1 is 1.42 bits per heavy atom. The molecule has 1 aliphatic rings. The van der Waals surface area contributed by atoms with Crippen LogP contribution in [0.5, 0.6) is 5.75 Å². The van der Waals surface area contributed by atoms with Crippen LogP contribution in [0.3, 0.4) is 0 Å². The third kappa shape index (κ3) is 7.47. The second kappa shape index (κ2) is 11.6. The molecule has 0 radical (unpaired) electrons. The van der Waals surface area contributed by atoms with Crippen molar-refractivity contribution >= 4 is 5.91 Å². The molecule has 1 amide bonds. The van der Waals surface area contributed by atoms with Crippen LogP contribution in [0.25, 0.3) is 0 Å². The number of benzene rings is 1. The largest absolute Gasteiger partial charge is 0.490 e. The number of piperidine rings is 1. The number of hydrogen-bond donors (Lipinski definition) is 3. The second-order valence-corrected chi connectivity index (χ2v) is 6.69. The molecular formula is C21H31N3O2. The summed E-state index contributed by atoms with van der Waals surface area (Å²) in [5.41, 5.74) is 6.73. The van der Waals surface area contributed by atoms with E-state index in [1.54, 1.807) is 0 Å². The van der Waals surface area contributed by atoms with Crippen LogP contribution in [0.1, 0.15) is 51.0 Å². The van der Waals surface area contributed by atoms with Crippen molar-refractivity contribution in [3.8, 4) is 17.6 Å². The number of carbonyl (C=O) groups is 1. The predicted octanol–water partition coefficient (Wildman–Crippen LogP) is 2.19. The molecule has 1 saturated heterocycles. The normalized spacial score (nSPS) is 15.6. The number of unbranched alkanes of at least 4 members (excludes halogenated alkanes) is 1. The van der Waals surface area contributed by atoms with Gasteiger partial charge in [0.15, 0.2) is 0 Å². The number of carbonyl (C=O) groups excluding carboxylic acids is 1. The summed E-state index contributed by atoms with van der Waals surface area (Å²) in [5.74, 6) is 7.16. The van der Waals surface area contributed by atoms with E-state index in [-0.39, 0.29) is 5.91 Å². The van der Waals surface area contributed by atoms with Crippen molar-refractivity contribution < 1.29 is 9.53 Å². The van der Waals surface area contributed by atoms with E-state index < -0.39 is 6.04 Å². The standard InChI is InChI=1S/C21H31N3O2/c1-2-7-20(22)21(25)24-13-5-3-4-8-17-9-6-10-19(16-17)26-18-11-14-23-15-12-18/h6,9-10,16,18,20,23H,2-3,5,7,11-15,22H2,1H3,(H,24,25). The molecule has 1 aromatic rings. The Morgan fingerprint density at radius 3 is 3.00 bits per heavy atom. The van der Waals surface area contributed by atoms with Gasteiger partial charge in [0.2, 0.25) is 5.91 Å². The first-order chi connectivity index (χ1) is 12.7. The Balaban J connectivity index is 1.70. The number of amides is 1. The van der Waals surface area contributed by atoms with E-state index in [4.69, 9.17) is 10.5 Å². The Labute approximate surface area is 157 Å². The van der Waals surface area contributed by atoms with Crippen LogP contribution >= 0.6 is 0 Å². The molecule has 0 aliphatic carbocycles. The van der Waals surface area contributed by atoms with Gasteiger partial charge in [-0.25, -0.2) is 0 Å². The lowest BCUT2D eigenvalue weighted by Crippen LogP contribution is -2.40. The molecule has 0 spiro atoms. The fourth-order valence-corrected chi connectivity index (χ4v) is 2.88. The van der Waals surface area contributed by atoms with E-state index in [0.29, 0.717) is 12.6 Å². The molecule has 1 heterocycles. The van der Waals surface area contributed by atoms with Gasteiger partial charge in [-0.15, -0.1) is 0 Å². The van der Waals surface area contributed by atoms with Crippen molar-refractivity contribution in [3.05, 3.63) is 29.8 Å². The molecule has 1 aromatic carbocycles. The Hall–Kier alpha value is -2.03. The van der Waals surface area contributed by atoms with Crippen LogP contribution in [0.4, 0.5) is 0 Å². The molecule has 5 nitrogen and oxygen atoms in total. The predicted molar refractivity (Wildman–Crippen MR) is 105 cm³/mol. The number of nitrogens with two attached hydrogens (primary N) is 1. The second-order valence-electron chi connectivity index (χ2n) is 6.69. The monoisotopic (exact) mass is 357 g/mol. The lowest BCUT2D eigenvalue weighted by molar-refractivity contribution is -0.122. The van der Waals surface area contributed by atoms with Gasteiger partial charge in [-0.3, -0.25) is 4.79 Å². The lowest BCUT2D eigenvalue weighted by Gasteiger charge is -2.23. The van der Waals surface area contributed by atoms with Crippen molar-refractivity contribution in [2.24, 2.45) is 5.73 Å². The van der Waals surface area contributed by atoms with Gasteiger partial charge in [-0.2, -0.15) is 0 Å². The van der Waals surface area contributed by atoms with Gasteiger partial charge in [-0.1, -0.05) is 31.3 Å². The summed E-state index contributed by atoms with van der Waals surface area (Å²) in [6.45, 7) is 4.67. The van der Waals surface area contributed by atoms with E-state index in [0.717, 1.165) is 62.9 Å². The van der Waals surface area contributed by atoms with Crippen LogP contribution < -0.4 is 21.1 Å². The third-order valence-electron chi connectivity index (χ3n) is 4.37. The minimum Gasteiger partial charge on any atom is -0.490 e. The van der Waals surface area contributed by atoms with Gasteiger partial charge in [-0.05, 0) is 57.0 Å². The van der Waals surface area contributed by atoms with Gasteiger partial charge in [0.25, 0.3) is 0 Å². The molecule has 2 rings (SSSR count). The SMILES string of the molecule is CCCC(N)C(=O)NCCCC#Cc1cccc(OC2CCNCC2)c1. The molecule has 1 aliphatic heterocycles. The maximum absolute atomic E-state index is 11.7.